The normalized spacial score (nSPS) is 28.5. The van der Waals surface area contributed by atoms with Gasteiger partial charge in [0.2, 0.25) is 11.8 Å². The van der Waals surface area contributed by atoms with E-state index in [0.29, 0.717) is 12.5 Å². The zero-order valence-electron chi connectivity index (χ0n) is 16.1. The second-order valence-corrected chi connectivity index (χ2v) is 8.54. The van der Waals surface area contributed by atoms with E-state index < -0.39 is 6.10 Å². The van der Waals surface area contributed by atoms with Gasteiger partial charge in [0.1, 0.15) is 0 Å². The summed E-state index contributed by atoms with van der Waals surface area (Å²) in [6.45, 7) is 2.39. The van der Waals surface area contributed by atoms with Crippen LogP contribution >= 0.6 is 0 Å². The van der Waals surface area contributed by atoms with Crippen molar-refractivity contribution in [2.75, 3.05) is 11.4 Å². The number of carbonyl (C=O) groups is 2. The molecule has 0 radical (unpaired) electrons. The largest absolute Gasteiger partial charge is 0.391 e. The molecular formula is C22H30N2O3. The third kappa shape index (κ3) is 3.75. The summed E-state index contributed by atoms with van der Waals surface area (Å²) in [7, 11) is 0. The first-order chi connectivity index (χ1) is 13.1. The Bertz CT molecular complexity index is 715. The maximum Gasteiger partial charge on any atom is 0.231 e. The maximum atomic E-state index is 13.4. The number of nitrogens with zero attached hydrogens (tertiary/aromatic N) is 1. The number of benzene rings is 1. The number of para-hydroxylation sites is 1. The minimum absolute atomic E-state index is 0.0621. The molecule has 27 heavy (non-hydrogen) atoms. The number of aliphatic hydroxyl groups is 1. The van der Waals surface area contributed by atoms with Crippen molar-refractivity contribution in [3.8, 4) is 0 Å². The molecule has 1 aromatic carbocycles. The SMILES string of the molecule is CC1Cc2ccccc2N1C(=O)C1CCCCC1C(=O)NCC(O)C1CC1. The Morgan fingerprint density at radius 3 is 2.59 bits per heavy atom. The van der Waals surface area contributed by atoms with Crippen molar-refractivity contribution < 1.29 is 14.7 Å². The topological polar surface area (TPSA) is 69.6 Å². The molecule has 146 valence electrons. The molecule has 1 aromatic rings. The first-order valence-electron chi connectivity index (χ1n) is 10.4. The second-order valence-electron chi connectivity index (χ2n) is 8.54. The summed E-state index contributed by atoms with van der Waals surface area (Å²) in [4.78, 5) is 28.2. The fourth-order valence-corrected chi connectivity index (χ4v) is 4.80. The van der Waals surface area contributed by atoms with Crippen molar-refractivity contribution in [3.63, 3.8) is 0 Å². The van der Waals surface area contributed by atoms with Crippen LogP contribution in [0.5, 0.6) is 0 Å². The van der Waals surface area contributed by atoms with Gasteiger partial charge < -0.3 is 15.3 Å². The smallest absolute Gasteiger partial charge is 0.231 e. The van der Waals surface area contributed by atoms with Crippen molar-refractivity contribution in [1.29, 1.82) is 0 Å². The molecule has 2 saturated carbocycles. The van der Waals surface area contributed by atoms with E-state index in [1.807, 2.05) is 23.1 Å². The Balaban J connectivity index is 1.46. The van der Waals surface area contributed by atoms with Crippen LogP contribution in [0.1, 0.15) is 51.0 Å². The Kier molecular flexibility index (Phi) is 5.22. The maximum absolute atomic E-state index is 13.4. The lowest BCUT2D eigenvalue weighted by atomic mass is 9.77. The van der Waals surface area contributed by atoms with Crippen molar-refractivity contribution in [1.82, 2.24) is 5.32 Å². The first kappa shape index (κ1) is 18.5. The quantitative estimate of drug-likeness (QED) is 0.837. The molecule has 5 nitrogen and oxygen atoms in total. The number of nitrogens with one attached hydrogen (secondary N) is 1. The van der Waals surface area contributed by atoms with E-state index in [0.717, 1.165) is 50.6 Å². The van der Waals surface area contributed by atoms with Gasteiger partial charge in [-0.25, -0.2) is 0 Å². The molecule has 4 unspecified atom stereocenters. The van der Waals surface area contributed by atoms with Gasteiger partial charge in [-0.05, 0) is 56.6 Å². The number of amides is 2. The Morgan fingerprint density at radius 1 is 1.15 bits per heavy atom. The predicted molar refractivity (Wildman–Crippen MR) is 104 cm³/mol. The van der Waals surface area contributed by atoms with Gasteiger partial charge in [0.25, 0.3) is 0 Å². The average molecular weight is 370 g/mol. The highest BCUT2D eigenvalue weighted by Crippen LogP contribution is 2.38. The van der Waals surface area contributed by atoms with Gasteiger partial charge in [0.05, 0.1) is 12.0 Å². The van der Waals surface area contributed by atoms with Gasteiger partial charge in [-0.15, -0.1) is 0 Å². The molecule has 0 bridgehead atoms. The molecule has 2 N–H and O–H groups in total. The van der Waals surface area contributed by atoms with Gasteiger partial charge in [-0.1, -0.05) is 31.0 Å². The fraction of sp³-hybridized carbons (Fsp3) is 0.636. The van der Waals surface area contributed by atoms with E-state index in [2.05, 4.69) is 18.3 Å². The lowest BCUT2D eigenvalue weighted by molar-refractivity contribution is -0.135. The zero-order chi connectivity index (χ0) is 19.0. The lowest BCUT2D eigenvalue weighted by Crippen LogP contribution is -2.48. The highest BCUT2D eigenvalue weighted by molar-refractivity contribution is 6.00. The average Bonchev–Trinajstić information content (AvgIpc) is 3.47. The van der Waals surface area contributed by atoms with E-state index in [1.165, 1.54) is 5.56 Å². The molecule has 4 atom stereocenters. The predicted octanol–water partition coefficient (Wildman–Crippen LogP) is 2.66. The van der Waals surface area contributed by atoms with E-state index in [9.17, 15) is 14.7 Å². The summed E-state index contributed by atoms with van der Waals surface area (Å²) in [6.07, 6.45) is 6.03. The van der Waals surface area contributed by atoms with E-state index in [-0.39, 0.29) is 29.7 Å². The molecule has 2 amide bonds. The number of fused-ring (bicyclic) bond motifs is 1. The van der Waals surface area contributed by atoms with Crippen LogP contribution in [0.15, 0.2) is 24.3 Å². The number of anilines is 1. The molecule has 0 saturated heterocycles. The molecule has 2 fully saturated rings. The standard InChI is InChI=1S/C22H30N2O3/c1-14-12-16-6-2-5-9-19(16)24(14)22(27)18-8-4-3-7-17(18)21(26)23-13-20(25)15-10-11-15/h2,5-6,9,14-15,17-18,20,25H,3-4,7-8,10-13H2,1H3,(H,23,26). The number of rotatable bonds is 5. The van der Waals surface area contributed by atoms with Crippen LogP contribution in [0.4, 0.5) is 5.69 Å². The zero-order valence-corrected chi connectivity index (χ0v) is 16.1. The molecule has 0 spiro atoms. The van der Waals surface area contributed by atoms with Crippen LogP contribution in [0.25, 0.3) is 0 Å². The summed E-state index contributed by atoms with van der Waals surface area (Å²) in [5.74, 6) is -0.165. The Morgan fingerprint density at radius 2 is 1.85 bits per heavy atom. The minimum Gasteiger partial charge on any atom is -0.391 e. The van der Waals surface area contributed by atoms with Gasteiger partial charge in [-0.3, -0.25) is 9.59 Å². The highest BCUT2D eigenvalue weighted by Gasteiger charge is 2.41. The van der Waals surface area contributed by atoms with Crippen molar-refractivity contribution in [2.24, 2.45) is 17.8 Å². The monoisotopic (exact) mass is 370 g/mol. The van der Waals surface area contributed by atoms with Gasteiger partial charge in [0.15, 0.2) is 0 Å². The minimum atomic E-state index is -0.447. The van der Waals surface area contributed by atoms with Gasteiger partial charge in [0, 0.05) is 24.2 Å². The number of carbonyl (C=O) groups excluding carboxylic acids is 2. The second kappa shape index (κ2) is 7.63. The van der Waals surface area contributed by atoms with E-state index in [1.54, 1.807) is 0 Å². The summed E-state index contributed by atoms with van der Waals surface area (Å²) in [5, 5.41) is 13.0. The summed E-state index contributed by atoms with van der Waals surface area (Å²) < 4.78 is 0. The van der Waals surface area contributed by atoms with Gasteiger partial charge in [-0.2, -0.15) is 0 Å². The van der Waals surface area contributed by atoms with Crippen LogP contribution in [-0.2, 0) is 16.0 Å². The lowest BCUT2D eigenvalue weighted by Gasteiger charge is -2.34. The van der Waals surface area contributed by atoms with Crippen LogP contribution in [-0.4, -0.2) is 35.6 Å². The molecule has 2 aliphatic carbocycles. The van der Waals surface area contributed by atoms with Crippen LogP contribution in [0, 0.1) is 17.8 Å². The third-order valence-corrected chi connectivity index (χ3v) is 6.52. The van der Waals surface area contributed by atoms with Crippen LogP contribution in [0.3, 0.4) is 0 Å². The molecular weight excluding hydrogens is 340 g/mol. The molecule has 4 rings (SSSR count). The Labute approximate surface area is 161 Å². The van der Waals surface area contributed by atoms with E-state index >= 15 is 0 Å². The summed E-state index contributed by atoms with van der Waals surface area (Å²) in [5.41, 5.74) is 2.21. The van der Waals surface area contributed by atoms with Gasteiger partial charge >= 0.3 is 0 Å². The summed E-state index contributed by atoms with van der Waals surface area (Å²) >= 11 is 0. The fourth-order valence-electron chi connectivity index (χ4n) is 4.80. The molecule has 1 aliphatic heterocycles. The van der Waals surface area contributed by atoms with Crippen molar-refractivity contribution >= 4 is 17.5 Å². The molecule has 3 aliphatic rings. The van der Waals surface area contributed by atoms with Crippen LogP contribution in [0.2, 0.25) is 0 Å². The Hall–Kier alpha value is -1.88. The first-order valence-corrected chi connectivity index (χ1v) is 10.4. The highest BCUT2D eigenvalue weighted by atomic mass is 16.3. The molecule has 5 heteroatoms. The number of hydrogen-bond acceptors (Lipinski definition) is 3. The van der Waals surface area contributed by atoms with Crippen molar-refractivity contribution in [2.45, 2.75) is 64.0 Å². The molecule has 1 heterocycles. The summed E-state index contributed by atoms with van der Waals surface area (Å²) in [6, 6.07) is 8.23. The van der Waals surface area contributed by atoms with Crippen molar-refractivity contribution in [3.05, 3.63) is 29.8 Å². The van der Waals surface area contributed by atoms with Crippen LogP contribution < -0.4 is 10.2 Å². The molecule has 0 aromatic heterocycles. The third-order valence-electron chi connectivity index (χ3n) is 6.52. The number of hydrogen-bond donors (Lipinski definition) is 2. The number of aliphatic hydroxyl groups excluding tert-OH is 1. The van der Waals surface area contributed by atoms with E-state index in [4.69, 9.17) is 0 Å².